The molecule has 1 aliphatic carbocycles. The number of pyridine rings is 1. The van der Waals surface area contributed by atoms with Crippen LogP contribution < -0.4 is 4.90 Å². The third-order valence-corrected chi connectivity index (χ3v) is 3.97. The number of hydrogen-bond donors (Lipinski definition) is 1. The molecule has 1 saturated heterocycles. The molecule has 2 fully saturated rings. The summed E-state index contributed by atoms with van der Waals surface area (Å²) >= 11 is 0. The van der Waals surface area contributed by atoms with Gasteiger partial charge in [-0.25, -0.2) is 4.98 Å². The van der Waals surface area contributed by atoms with Crippen molar-refractivity contribution in [2.45, 2.75) is 32.4 Å². The number of aromatic nitrogens is 1. The molecule has 4 nitrogen and oxygen atoms in total. The molecule has 0 amide bonds. The number of piperazine rings is 1. The maximum absolute atomic E-state index is 9.11. The minimum atomic E-state index is 0.0730. The van der Waals surface area contributed by atoms with Crippen molar-refractivity contribution >= 4 is 5.82 Å². The number of aliphatic hydroxyl groups excluding tert-OH is 1. The van der Waals surface area contributed by atoms with Gasteiger partial charge in [0.2, 0.25) is 0 Å². The molecule has 18 heavy (non-hydrogen) atoms. The summed E-state index contributed by atoms with van der Waals surface area (Å²) < 4.78 is 0. The minimum absolute atomic E-state index is 0.0730. The Balaban J connectivity index is 1.68. The fourth-order valence-corrected chi connectivity index (χ4v) is 2.78. The number of hydrogen-bond acceptors (Lipinski definition) is 4. The Labute approximate surface area is 108 Å². The van der Waals surface area contributed by atoms with Crippen LogP contribution in [0.4, 0.5) is 5.82 Å². The van der Waals surface area contributed by atoms with Crippen molar-refractivity contribution < 1.29 is 5.11 Å². The summed E-state index contributed by atoms with van der Waals surface area (Å²) in [7, 11) is 0. The molecule has 0 aromatic carbocycles. The fourth-order valence-electron chi connectivity index (χ4n) is 2.78. The van der Waals surface area contributed by atoms with Crippen molar-refractivity contribution in [3.05, 3.63) is 23.4 Å². The Hall–Kier alpha value is -1.13. The van der Waals surface area contributed by atoms with Crippen molar-refractivity contribution in [1.82, 2.24) is 9.88 Å². The average molecular weight is 247 g/mol. The predicted molar refractivity (Wildman–Crippen MR) is 71.7 cm³/mol. The second-order valence-electron chi connectivity index (χ2n) is 5.40. The highest BCUT2D eigenvalue weighted by molar-refractivity contribution is 5.47. The van der Waals surface area contributed by atoms with Gasteiger partial charge in [0.1, 0.15) is 5.82 Å². The van der Waals surface area contributed by atoms with Crippen molar-refractivity contribution in [2.75, 3.05) is 31.1 Å². The van der Waals surface area contributed by atoms with E-state index in [4.69, 9.17) is 5.11 Å². The molecule has 2 aliphatic rings. The number of rotatable bonds is 3. The first-order valence-corrected chi connectivity index (χ1v) is 6.83. The Morgan fingerprint density at radius 2 is 2.00 bits per heavy atom. The lowest BCUT2D eigenvalue weighted by molar-refractivity contribution is 0.247. The summed E-state index contributed by atoms with van der Waals surface area (Å²) in [5.74, 6) is 1.09. The van der Waals surface area contributed by atoms with E-state index in [0.717, 1.165) is 43.6 Å². The van der Waals surface area contributed by atoms with Gasteiger partial charge in [0.05, 0.1) is 6.61 Å². The van der Waals surface area contributed by atoms with Crippen LogP contribution in [-0.4, -0.2) is 47.2 Å². The van der Waals surface area contributed by atoms with Gasteiger partial charge in [-0.05, 0) is 37.0 Å². The van der Waals surface area contributed by atoms with Crippen LogP contribution in [0.25, 0.3) is 0 Å². The molecule has 0 atom stereocenters. The minimum Gasteiger partial charge on any atom is -0.392 e. The second-order valence-corrected chi connectivity index (χ2v) is 5.40. The molecule has 4 heteroatoms. The van der Waals surface area contributed by atoms with Gasteiger partial charge in [0, 0.05) is 38.4 Å². The van der Waals surface area contributed by atoms with Crippen molar-refractivity contribution in [3.63, 3.8) is 0 Å². The third-order valence-electron chi connectivity index (χ3n) is 3.97. The lowest BCUT2D eigenvalue weighted by Crippen LogP contribution is -2.47. The molecule has 1 aromatic rings. The van der Waals surface area contributed by atoms with Crippen LogP contribution >= 0.6 is 0 Å². The van der Waals surface area contributed by atoms with Gasteiger partial charge in [-0.2, -0.15) is 0 Å². The molecule has 0 spiro atoms. The Morgan fingerprint density at radius 3 is 2.56 bits per heavy atom. The Bertz CT molecular complexity index is 423. The summed E-state index contributed by atoms with van der Waals surface area (Å²) in [5.41, 5.74) is 2.06. The molecule has 0 bridgehead atoms. The van der Waals surface area contributed by atoms with Crippen LogP contribution in [0.1, 0.15) is 24.0 Å². The summed E-state index contributed by atoms with van der Waals surface area (Å²) in [6, 6.07) is 2.91. The SMILES string of the molecule is Cc1cc(CO)cnc1N1CCN(C2CC2)CC1. The topological polar surface area (TPSA) is 39.6 Å². The zero-order chi connectivity index (χ0) is 12.5. The lowest BCUT2D eigenvalue weighted by Gasteiger charge is -2.36. The van der Waals surface area contributed by atoms with Crippen LogP contribution in [0.2, 0.25) is 0 Å². The zero-order valence-corrected chi connectivity index (χ0v) is 11.0. The van der Waals surface area contributed by atoms with E-state index in [2.05, 4.69) is 21.7 Å². The van der Waals surface area contributed by atoms with E-state index in [1.807, 2.05) is 6.07 Å². The van der Waals surface area contributed by atoms with Gasteiger partial charge in [-0.3, -0.25) is 4.90 Å². The van der Waals surface area contributed by atoms with E-state index >= 15 is 0 Å². The third kappa shape index (κ3) is 2.35. The number of nitrogens with zero attached hydrogens (tertiary/aromatic N) is 3. The van der Waals surface area contributed by atoms with E-state index in [1.165, 1.54) is 18.4 Å². The molecule has 2 heterocycles. The largest absolute Gasteiger partial charge is 0.392 e. The molecule has 3 rings (SSSR count). The van der Waals surface area contributed by atoms with Crippen LogP contribution in [0.15, 0.2) is 12.3 Å². The Morgan fingerprint density at radius 1 is 1.28 bits per heavy atom. The Kier molecular flexibility index (Phi) is 3.22. The van der Waals surface area contributed by atoms with Gasteiger partial charge < -0.3 is 10.0 Å². The van der Waals surface area contributed by atoms with E-state index in [1.54, 1.807) is 6.20 Å². The standard InChI is InChI=1S/C14H21N3O/c1-11-8-12(10-18)9-15-14(11)17-6-4-16(5-7-17)13-2-3-13/h8-9,13,18H,2-7,10H2,1H3. The van der Waals surface area contributed by atoms with Gasteiger partial charge in [0.25, 0.3) is 0 Å². The molecular formula is C14H21N3O. The normalized spacial score (nSPS) is 21.3. The highest BCUT2D eigenvalue weighted by atomic mass is 16.3. The highest BCUT2D eigenvalue weighted by Crippen LogP contribution is 2.28. The molecule has 1 N–H and O–H groups in total. The fraction of sp³-hybridized carbons (Fsp3) is 0.643. The van der Waals surface area contributed by atoms with Crippen molar-refractivity contribution in [3.8, 4) is 0 Å². The summed E-state index contributed by atoms with van der Waals surface area (Å²) in [5, 5.41) is 9.11. The molecule has 98 valence electrons. The van der Waals surface area contributed by atoms with Crippen LogP contribution in [0, 0.1) is 6.92 Å². The lowest BCUT2D eigenvalue weighted by atomic mass is 10.2. The molecule has 0 radical (unpaired) electrons. The van der Waals surface area contributed by atoms with E-state index in [9.17, 15) is 0 Å². The average Bonchev–Trinajstić information content (AvgIpc) is 3.23. The van der Waals surface area contributed by atoms with Crippen LogP contribution in [-0.2, 0) is 6.61 Å². The van der Waals surface area contributed by atoms with Gasteiger partial charge in [-0.15, -0.1) is 0 Å². The maximum atomic E-state index is 9.11. The van der Waals surface area contributed by atoms with Crippen LogP contribution in [0.3, 0.4) is 0 Å². The van der Waals surface area contributed by atoms with Gasteiger partial charge in [-0.1, -0.05) is 0 Å². The molecule has 1 aliphatic heterocycles. The second kappa shape index (κ2) is 4.86. The van der Waals surface area contributed by atoms with Gasteiger partial charge >= 0.3 is 0 Å². The number of anilines is 1. The van der Waals surface area contributed by atoms with E-state index < -0.39 is 0 Å². The summed E-state index contributed by atoms with van der Waals surface area (Å²) in [6.07, 6.45) is 4.57. The molecule has 1 saturated carbocycles. The molecule has 1 aromatic heterocycles. The quantitative estimate of drug-likeness (QED) is 0.870. The monoisotopic (exact) mass is 247 g/mol. The van der Waals surface area contributed by atoms with Crippen LogP contribution in [0.5, 0.6) is 0 Å². The number of aryl methyl sites for hydroxylation is 1. The predicted octanol–water partition coefficient (Wildman–Crippen LogP) is 1.17. The molecule has 0 unspecified atom stereocenters. The first kappa shape index (κ1) is 11.9. The van der Waals surface area contributed by atoms with E-state index in [0.29, 0.717) is 0 Å². The highest BCUT2D eigenvalue weighted by Gasteiger charge is 2.31. The van der Waals surface area contributed by atoms with Crippen molar-refractivity contribution in [1.29, 1.82) is 0 Å². The zero-order valence-electron chi connectivity index (χ0n) is 11.0. The first-order valence-electron chi connectivity index (χ1n) is 6.83. The van der Waals surface area contributed by atoms with E-state index in [-0.39, 0.29) is 6.61 Å². The summed E-state index contributed by atoms with van der Waals surface area (Å²) in [4.78, 5) is 9.48. The first-order chi connectivity index (χ1) is 8.78. The maximum Gasteiger partial charge on any atom is 0.131 e. The molecular weight excluding hydrogens is 226 g/mol. The van der Waals surface area contributed by atoms with Crippen molar-refractivity contribution in [2.24, 2.45) is 0 Å². The summed E-state index contributed by atoms with van der Waals surface area (Å²) in [6.45, 7) is 6.62. The van der Waals surface area contributed by atoms with Gasteiger partial charge in [0.15, 0.2) is 0 Å². The number of aliphatic hydroxyl groups is 1. The smallest absolute Gasteiger partial charge is 0.131 e.